The molecular weight excluding hydrogens is 226 g/mol. The highest BCUT2D eigenvalue weighted by molar-refractivity contribution is 5.79. The van der Waals surface area contributed by atoms with E-state index in [0.29, 0.717) is 12.0 Å². The largest absolute Gasteiger partial charge is 0.353 e. The number of nitrogens with two attached hydrogens (primary N) is 1. The molecule has 0 aromatic heterocycles. The van der Waals surface area contributed by atoms with Gasteiger partial charge in [0, 0.05) is 25.7 Å². The minimum absolute atomic E-state index is 0.500. The van der Waals surface area contributed by atoms with E-state index in [0.717, 1.165) is 12.5 Å². The molecule has 4 N–H and O–H groups in total. The first-order valence-electron chi connectivity index (χ1n) is 7.15. The van der Waals surface area contributed by atoms with Crippen LogP contribution >= 0.6 is 0 Å². The first kappa shape index (κ1) is 15.2. The van der Waals surface area contributed by atoms with Crippen molar-refractivity contribution in [2.45, 2.75) is 46.1 Å². The maximum Gasteiger partial charge on any atom is 0.205 e. The third kappa shape index (κ3) is 5.69. The lowest BCUT2D eigenvalue weighted by Crippen LogP contribution is -2.50. The van der Waals surface area contributed by atoms with Crippen LogP contribution in [0.25, 0.3) is 0 Å². The normalized spacial score (nSPS) is 19.3. The van der Waals surface area contributed by atoms with E-state index in [2.05, 4.69) is 41.4 Å². The number of piperidine rings is 1. The summed E-state index contributed by atoms with van der Waals surface area (Å²) in [6, 6.07) is 0.500. The van der Waals surface area contributed by atoms with E-state index in [4.69, 9.17) is 5.84 Å². The molecule has 1 rings (SSSR count). The maximum atomic E-state index is 5.50. The average molecular weight is 255 g/mol. The van der Waals surface area contributed by atoms with Crippen molar-refractivity contribution in [3.8, 4) is 0 Å². The van der Waals surface area contributed by atoms with Gasteiger partial charge in [0.1, 0.15) is 0 Å². The van der Waals surface area contributed by atoms with Crippen molar-refractivity contribution in [1.82, 2.24) is 15.6 Å². The zero-order chi connectivity index (χ0) is 13.4. The second-order valence-electron chi connectivity index (χ2n) is 5.49. The van der Waals surface area contributed by atoms with Gasteiger partial charge in [0.25, 0.3) is 0 Å². The van der Waals surface area contributed by atoms with Crippen molar-refractivity contribution < 1.29 is 0 Å². The van der Waals surface area contributed by atoms with Gasteiger partial charge >= 0.3 is 0 Å². The van der Waals surface area contributed by atoms with Crippen molar-refractivity contribution in [2.75, 3.05) is 26.2 Å². The molecule has 0 spiro atoms. The number of nitrogens with one attached hydrogen (secondary N) is 2. The number of likely N-dealkylation sites (tertiary alicyclic amines) is 1. The Balaban J connectivity index is 2.31. The Morgan fingerprint density at radius 3 is 2.56 bits per heavy atom. The van der Waals surface area contributed by atoms with Crippen LogP contribution in [0.15, 0.2) is 4.99 Å². The van der Waals surface area contributed by atoms with Gasteiger partial charge in [0.2, 0.25) is 5.96 Å². The highest BCUT2D eigenvalue weighted by atomic mass is 15.3. The van der Waals surface area contributed by atoms with Crippen molar-refractivity contribution in [3.63, 3.8) is 0 Å². The third-order valence-corrected chi connectivity index (χ3v) is 3.22. The second-order valence-corrected chi connectivity index (χ2v) is 5.49. The molecule has 0 unspecified atom stereocenters. The number of hydrogen-bond donors (Lipinski definition) is 3. The molecule has 0 bridgehead atoms. The van der Waals surface area contributed by atoms with E-state index < -0.39 is 0 Å². The Morgan fingerprint density at radius 2 is 2.06 bits per heavy atom. The van der Waals surface area contributed by atoms with Gasteiger partial charge in [-0.05, 0) is 31.7 Å². The number of guanidine groups is 1. The molecule has 0 aliphatic carbocycles. The predicted octanol–water partition coefficient (Wildman–Crippen LogP) is 0.926. The minimum Gasteiger partial charge on any atom is -0.353 e. The highest BCUT2D eigenvalue weighted by Crippen LogP contribution is 2.10. The summed E-state index contributed by atoms with van der Waals surface area (Å²) in [5.74, 6) is 6.79. The molecule has 5 nitrogen and oxygen atoms in total. The van der Waals surface area contributed by atoms with Gasteiger partial charge in [-0.3, -0.25) is 10.4 Å². The smallest absolute Gasteiger partial charge is 0.205 e. The minimum atomic E-state index is 0.500. The summed E-state index contributed by atoms with van der Waals surface area (Å²) in [6.07, 6.45) is 3.58. The molecule has 0 aromatic carbocycles. The van der Waals surface area contributed by atoms with Crippen LogP contribution in [0.5, 0.6) is 0 Å². The summed E-state index contributed by atoms with van der Waals surface area (Å²) in [5.41, 5.74) is 2.67. The lowest BCUT2D eigenvalue weighted by molar-refractivity contribution is 0.206. The lowest BCUT2D eigenvalue weighted by Gasteiger charge is -2.32. The first-order chi connectivity index (χ1) is 8.65. The predicted molar refractivity (Wildman–Crippen MR) is 77.4 cm³/mol. The molecule has 1 fully saturated rings. The van der Waals surface area contributed by atoms with Crippen molar-refractivity contribution >= 4 is 5.96 Å². The van der Waals surface area contributed by atoms with E-state index in [1.807, 2.05) is 0 Å². The van der Waals surface area contributed by atoms with Crippen LogP contribution in [0.1, 0.15) is 40.0 Å². The maximum absolute atomic E-state index is 5.50. The second kappa shape index (κ2) is 8.32. The summed E-state index contributed by atoms with van der Waals surface area (Å²) in [7, 11) is 0. The summed E-state index contributed by atoms with van der Waals surface area (Å²) >= 11 is 0. The summed E-state index contributed by atoms with van der Waals surface area (Å²) in [4.78, 5) is 6.97. The van der Waals surface area contributed by atoms with Gasteiger partial charge in [-0.15, -0.1) is 0 Å². The van der Waals surface area contributed by atoms with Crippen LogP contribution < -0.4 is 16.6 Å². The molecule has 1 heterocycles. The fourth-order valence-corrected chi connectivity index (χ4v) is 2.22. The first-order valence-corrected chi connectivity index (χ1v) is 7.15. The van der Waals surface area contributed by atoms with Gasteiger partial charge < -0.3 is 10.2 Å². The molecule has 0 aromatic rings. The molecule has 5 heteroatoms. The highest BCUT2D eigenvalue weighted by Gasteiger charge is 2.19. The molecule has 1 aliphatic rings. The number of nitrogens with zero attached hydrogens (tertiary/aromatic N) is 2. The molecule has 18 heavy (non-hydrogen) atoms. The zero-order valence-corrected chi connectivity index (χ0v) is 12.1. The van der Waals surface area contributed by atoms with Crippen LogP contribution in [-0.4, -0.2) is 43.1 Å². The Labute approximate surface area is 111 Å². The summed E-state index contributed by atoms with van der Waals surface area (Å²) in [6.45, 7) is 10.9. The Hall–Kier alpha value is -0.810. The molecular formula is C13H29N5. The van der Waals surface area contributed by atoms with Crippen molar-refractivity contribution in [1.29, 1.82) is 0 Å². The summed E-state index contributed by atoms with van der Waals surface area (Å²) in [5, 5.41) is 3.41. The van der Waals surface area contributed by atoms with Crippen LogP contribution in [0, 0.1) is 5.92 Å². The molecule has 106 valence electrons. The lowest BCUT2D eigenvalue weighted by atomic mass is 10.1. The SMILES string of the molecule is CCCN1CCC(NC(=NCC(C)C)NN)CC1. The quantitative estimate of drug-likeness (QED) is 0.296. The fourth-order valence-electron chi connectivity index (χ4n) is 2.22. The summed E-state index contributed by atoms with van der Waals surface area (Å²) < 4.78 is 0. The topological polar surface area (TPSA) is 65.7 Å². The molecule has 0 atom stereocenters. The van der Waals surface area contributed by atoms with E-state index in [1.165, 1.54) is 38.9 Å². The molecule has 1 saturated heterocycles. The molecule has 1 aliphatic heterocycles. The van der Waals surface area contributed by atoms with Gasteiger partial charge in [-0.2, -0.15) is 0 Å². The molecule has 0 amide bonds. The van der Waals surface area contributed by atoms with Crippen molar-refractivity contribution in [2.24, 2.45) is 16.8 Å². The Bertz CT molecular complexity index is 244. The number of rotatable bonds is 5. The number of aliphatic imine (C=N–C) groups is 1. The Kier molecular flexibility index (Phi) is 7.05. The average Bonchev–Trinajstić information content (AvgIpc) is 2.36. The van der Waals surface area contributed by atoms with Crippen LogP contribution in [0.3, 0.4) is 0 Å². The van der Waals surface area contributed by atoms with Gasteiger partial charge in [0.15, 0.2) is 0 Å². The van der Waals surface area contributed by atoms with Gasteiger partial charge in [-0.25, -0.2) is 5.84 Å². The fraction of sp³-hybridized carbons (Fsp3) is 0.923. The van der Waals surface area contributed by atoms with Gasteiger partial charge in [0.05, 0.1) is 0 Å². The van der Waals surface area contributed by atoms with E-state index in [9.17, 15) is 0 Å². The zero-order valence-electron chi connectivity index (χ0n) is 12.1. The number of hydrazine groups is 1. The third-order valence-electron chi connectivity index (χ3n) is 3.22. The Morgan fingerprint density at radius 1 is 1.39 bits per heavy atom. The van der Waals surface area contributed by atoms with Crippen LogP contribution in [0.2, 0.25) is 0 Å². The van der Waals surface area contributed by atoms with Crippen molar-refractivity contribution in [3.05, 3.63) is 0 Å². The number of hydrogen-bond acceptors (Lipinski definition) is 3. The van der Waals surface area contributed by atoms with E-state index in [1.54, 1.807) is 0 Å². The molecule has 0 radical (unpaired) electrons. The van der Waals surface area contributed by atoms with Crippen LogP contribution in [0.4, 0.5) is 0 Å². The molecule has 0 saturated carbocycles. The monoisotopic (exact) mass is 255 g/mol. The van der Waals surface area contributed by atoms with E-state index >= 15 is 0 Å². The van der Waals surface area contributed by atoms with E-state index in [-0.39, 0.29) is 0 Å². The van der Waals surface area contributed by atoms with Gasteiger partial charge in [-0.1, -0.05) is 20.8 Å². The van der Waals surface area contributed by atoms with Crippen LogP contribution in [-0.2, 0) is 0 Å². The standard InChI is InChI=1S/C13H29N5/c1-4-7-18-8-5-12(6-9-18)16-13(17-14)15-10-11(2)3/h11-12H,4-10,14H2,1-3H3,(H2,15,16,17).